The smallest absolute Gasteiger partial charge is 0.191 e. The molecule has 1 aromatic rings. The zero-order valence-corrected chi connectivity index (χ0v) is 16.6. The molecule has 24 heavy (non-hydrogen) atoms. The molecule has 0 saturated carbocycles. The molecule has 0 aliphatic rings. The Labute approximate surface area is 147 Å². The fourth-order valence-corrected chi connectivity index (χ4v) is 2.91. The van der Waals surface area contributed by atoms with E-state index in [1.165, 1.54) is 24.2 Å². The Bertz CT molecular complexity index is 516. The van der Waals surface area contributed by atoms with E-state index in [0.29, 0.717) is 6.04 Å². The summed E-state index contributed by atoms with van der Waals surface area (Å²) in [6.45, 7) is 15.0. The maximum Gasteiger partial charge on any atom is 0.191 e. The van der Waals surface area contributed by atoms with E-state index in [-0.39, 0.29) is 0 Å². The molecular weight excluding hydrogens is 300 g/mol. The summed E-state index contributed by atoms with van der Waals surface area (Å²) in [5.74, 6) is 0.855. The lowest BCUT2D eigenvalue weighted by atomic mass is 10.1. The van der Waals surface area contributed by atoms with Crippen LogP contribution in [0, 0.1) is 13.8 Å². The Morgan fingerprint density at radius 2 is 1.96 bits per heavy atom. The first-order valence-corrected chi connectivity index (χ1v) is 9.11. The third-order valence-electron chi connectivity index (χ3n) is 4.70. The lowest BCUT2D eigenvalue weighted by molar-refractivity contribution is 0.292. The van der Waals surface area contributed by atoms with Crippen LogP contribution in [0.4, 0.5) is 0 Å². The molecule has 6 heteroatoms. The molecule has 0 saturated heterocycles. The molecule has 6 nitrogen and oxygen atoms in total. The highest BCUT2D eigenvalue weighted by atomic mass is 15.3. The second kappa shape index (κ2) is 10.3. The largest absolute Gasteiger partial charge is 0.354 e. The van der Waals surface area contributed by atoms with E-state index >= 15 is 0 Å². The van der Waals surface area contributed by atoms with E-state index in [2.05, 4.69) is 60.2 Å². The van der Waals surface area contributed by atoms with Crippen molar-refractivity contribution in [2.75, 3.05) is 26.7 Å². The third-order valence-corrected chi connectivity index (χ3v) is 4.70. The number of hydrogen-bond donors (Lipinski definition) is 2. The Hall–Kier alpha value is -1.56. The number of rotatable bonds is 9. The van der Waals surface area contributed by atoms with Gasteiger partial charge in [0.05, 0.1) is 5.69 Å². The molecule has 0 amide bonds. The Morgan fingerprint density at radius 1 is 1.29 bits per heavy atom. The van der Waals surface area contributed by atoms with Crippen molar-refractivity contribution in [3.05, 3.63) is 17.0 Å². The van der Waals surface area contributed by atoms with Crippen LogP contribution >= 0.6 is 0 Å². The van der Waals surface area contributed by atoms with E-state index in [1.54, 1.807) is 0 Å². The first-order valence-electron chi connectivity index (χ1n) is 9.11. The van der Waals surface area contributed by atoms with Gasteiger partial charge < -0.3 is 15.5 Å². The predicted molar refractivity (Wildman–Crippen MR) is 103 cm³/mol. The SMILES string of the molecule is CCN(CC)CCCC(C)NC(=NC)NCc1c(C)nn(C)c1C. The molecule has 0 aromatic carbocycles. The summed E-state index contributed by atoms with van der Waals surface area (Å²) in [5.41, 5.74) is 3.52. The number of nitrogens with one attached hydrogen (secondary N) is 2. The molecule has 0 bridgehead atoms. The zero-order valence-electron chi connectivity index (χ0n) is 16.6. The van der Waals surface area contributed by atoms with Gasteiger partial charge in [0.1, 0.15) is 0 Å². The van der Waals surface area contributed by atoms with Crippen molar-refractivity contribution >= 4 is 5.96 Å². The highest BCUT2D eigenvalue weighted by molar-refractivity contribution is 5.79. The maximum absolute atomic E-state index is 4.46. The monoisotopic (exact) mass is 336 g/mol. The van der Waals surface area contributed by atoms with Crippen LogP contribution in [0.1, 0.15) is 50.6 Å². The molecule has 1 atom stereocenters. The summed E-state index contributed by atoms with van der Waals surface area (Å²) in [6.07, 6.45) is 2.34. The molecule has 1 heterocycles. The van der Waals surface area contributed by atoms with Gasteiger partial charge in [0, 0.05) is 37.9 Å². The van der Waals surface area contributed by atoms with Crippen LogP contribution in [0.5, 0.6) is 0 Å². The highest BCUT2D eigenvalue weighted by Gasteiger charge is 2.11. The average molecular weight is 337 g/mol. The second-order valence-corrected chi connectivity index (χ2v) is 6.41. The van der Waals surface area contributed by atoms with E-state index in [9.17, 15) is 0 Å². The molecule has 0 spiro atoms. The van der Waals surface area contributed by atoms with Gasteiger partial charge in [0.15, 0.2) is 5.96 Å². The van der Waals surface area contributed by atoms with Crippen molar-refractivity contribution in [3.8, 4) is 0 Å². The van der Waals surface area contributed by atoms with Gasteiger partial charge in [-0.2, -0.15) is 5.10 Å². The van der Waals surface area contributed by atoms with Gasteiger partial charge in [-0.15, -0.1) is 0 Å². The van der Waals surface area contributed by atoms with Crippen molar-refractivity contribution in [1.29, 1.82) is 0 Å². The first-order chi connectivity index (χ1) is 11.4. The molecular formula is C18H36N6. The van der Waals surface area contributed by atoms with Crippen molar-refractivity contribution in [2.24, 2.45) is 12.0 Å². The predicted octanol–water partition coefficient (Wildman–Crippen LogP) is 2.21. The summed E-state index contributed by atoms with van der Waals surface area (Å²) in [4.78, 5) is 6.81. The minimum Gasteiger partial charge on any atom is -0.354 e. The van der Waals surface area contributed by atoms with Crippen LogP contribution in [0.15, 0.2) is 4.99 Å². The summed E-state index contributed by atoms with van der Waals surface area (Å²) in [5, 5.41) is 11.4. The van der Waals surface area contributed by atoms with E-state index in [0.717, 1.165) is 37.7 Å². The summed E-state index contributed by atoms with van der Waals surface area (Å²) in [7, 11) is 3.80. The second-order valence-electron chi connectivity index (χ2n) is 6.41. The number of aromatic nitrogens is 2. The number of aliphatic imine (C=N–C) groups is 1. The van der Waals surface area contributed by atoms with Crippen molar-refractivity contribution in [1.82, 2.24) is 25.3 Å². The standard InChI is InChI=1S/C18H36N6/c1-8-24(9-2)12-10-11-14(3)21-18(19-6)20-13-17-15(4)22-23(7)16(17)5/h14H,8-13H2,1-7H3,(H2,19,20,21). The summed E-state index contributed by atoms with van der Waals surface area (Å²) >= 11 is 0. The lowest BCUT2D eigenvalue weighted by Crippen LogP contribution is -2.42. The molecule has 1 aromatic heterocycles. The van der Waals surface area contributed by atoms with Crippen LogP contribution in [0.25, 0.3) is 0 Å². The summed E-state index contributed by atoms with van der Waals surface area (Å²) in [6, 6.07) is 0.405. The van der Waals surface area contributed by atoms with Crippen molar-refractivity contribution in [2.45, 2.75) is 60.0 Å². The third kappa shape index (κ3) is 6.15. The minimum atomic E-state index is 0.405. The van der Waals surface area contributed by atoms with Gasteiger partial charge in [0.25, 0.3) is 0 Å². The lowest BCUT2D eigenvalue weighted by Gasteiger charge is -2.21. The Morgan fingerprint density at radius 3 is 2.46 bits per heavy atom. The van der Waals surface area contributed by atoms with Crippen LogP contribution in [0.2, 0.25) is 0 Å². The molecule has 0 aliphatic heterocycles. The van der Waals surface area contributed by atoms with Crippen LogP contribution < -0.4 is 10.6 Å². The fraction of sp³-hybridized carbons (Fsp3) is 0.778. The first kappa shape index (κ1) is 20.5. The van der Waals surface area contributed by atoms with Gasteiger partial charge >= 0.3 is 0 Å². The molecule has 0 fully saturated rings. The topological polar surface area (TPSA) is 57.5 Å². The Kier molecular flexibility index (Phi) is 8.82. The fourth-order valence-electron chi connectivity index (χ4n) is 2.91. The van der Waals surface area contributed by atoms with Gasteiger partial charge in [-0.3, -0.25) is 9.67 Å². The number of nitrogens with zero attached hydrogens (tertiary/aromatic N) is 4. The normalized spacial score (nSPS) is 13.4. The van der Waals surface area contributed by atoms with Crippen molar-refractivity contribution < 1.29 is 0 Å². The van der Waals surface area contributed by atoms with Gasteiger partial charge in [-0.05, 0) is 53.2 Å². The maximum atomic E-state index is 4.46. The number of aryl methyl sites for hydroxylation is 2. The van der Waals surface area contributed by atoms with E-state index in [1.807, 2.05) is 18.8 Å². The van der Waals surface area contributed by atoms with Gasteiger partial charge in [0.2, 0.25) is 0 Å². The van der Waals surface area contributed by atoms with E-state index < -0.39 is 0 Å². The molecule has 138 valence electrons. The number of hydrogen-bond acceptors (Lipinski definition) is 3. The minimum absolute atomic E-state index is 0.405. The van der Waals surface area contributed by atoms with Crippen LogP contribution in [0.3, 0.4) is 0 Å². The van der Waals surface area contributed by atoms with Gasteiger partial charge in [-0.1, -0.05) is 13.8 Å². The number of guanidine groups is 1. The van der Waals surface area contributed by atoms with Crippen LogP contribution in [-0.4, -0.2) is 53.4 Å². The highest BCUT2D eigenvalue weighted by Crippen LogP contribution is 2.11. The Balaban J connectivity index is 2.41. The molecule has 2 N–H and O–H groups in total. The molecule has 1 rings (SSSR count). The zero-order chi connectivity index (χ0) is 18.1. The molecule has 0 radical (unpaired) electrons. The van der Waals surface area contributed by atoms with E-state index in [4.69, 9.17) is 0 Å². The molecule has 1 unspecified atom stereocenters. The average Bonchev–Trinajstić information content (AvgIpc) is 2.80. The quantitative estimate of drug-likeness (QED) is 0.536. The summed E-state index contributed by atoms with van der Waals surface area (Å²) < 4.78 is 1.93. The van der Waals surface area contributed by atoms with Crippen LogP contribution in [-0.2, 0) is 13.6 Å². The van der Waals surface area contributed by atoms with Crippen molar-refractivity contribution in [3.63, 3.8) is 0 Å². The van der Waals surface area contributed by atoms with Gasteiger partial charge in [-0.25, -0.2) is 0 Å². The molecule has 0 aliphatic carbocycles.